The Kier molecular flexibility index (Phi) is 4.95. The van der Waals surface area contributed by atoms with Crippen LogP contribution in [0.1, 0.15) is 17.3 Å². The lowest BCUT2D eigenvalue weighted by atomic mass is 10.1. The topological polar surface area (TPSA) is 102 Å². The van der Waals surface area contributed by atoms with Gasteiger partial charge in [0, 0.05) is 12.3 Å². The van der Waals surface area contributed by atoms with Crippen molar-refractivity contribution >= 4 is 21.3 Å². The number of benzene rings is 1. The van der Waals surface area contributed by atoms with E-state index in [-0.39, 0.29) is 17.1 Å². The number of anilines is 1. The van der Waals surface area contributed by atoms with Crippen LogP contribution in [0.5, 0.6) is 0 Å². The number of sulfone groups is 1. The van der Waals surface area contributed by atoms with Crippen molar-refractivity contribution < 1.29 is 13.3 Å². The van der Waals surface area contributed by atoms with Crippen LogP contribution in [0, 0.1) is 17.0 Å². The number of hydrogen-bond acceptors (Lipinski definition) is 6. The molecule has 1 unspecified atom stereocenters. The zero-order valence-corrected chi connectivity index (χ0v) is 13.6. The summed E-state index contributed by atoms with van der Waals surface area (Å²) in [6.45, 7) is 1.54. The molecule has 0 aliphatic carbocycles. The number of nitrogens with zero attached hydrogens (tertiary/aromatic N) is 2. The minimum atomic E-state index is -3.22. The Balaban J connectivity index is 2.31. The third-order valence-electron chi connectivity index (χ3n) is 3.25. The van der Waals surface area contributed by atoms with E-state index in [1.54, 1.807) is 0 Å². The van der Waals surface area contributed by atoms with E-state index in [1.165, 1.54) is 25.3 Å². The molecule has 1 N–H and O–H groups in total. The molecule has 0 fully saturated rings. The molecule has 0 spiro atoms. The van der Waals surface area contributed by atoms with Gasteiger partial charge < -0.3 is 5.32 Å². The number of pyridine rings is 1. The number of hydrogen-bond donors (Lipinski definition) is 1. The molecule has 2 rings (SSSR count). The SMILES string of the molecule is Cc1nc(NC(CS(C)(=O)=O)c2ccccc2)ccc1[N+](=O)[O-]. The number of aromatic nitrogens is 1. The molecule has 0 aliphatic rings. The first-order valence-electron chi connectivity index (χ1n) is 6.87. The molecule has 1 aromatic heterocycles. The van der Waals surface area contributed by atoms with E-state index in [2.05, 4.69) is 10.3 Å². The van der Waals surface area contributed by atoms with Gasteiger partial charge in [0.15, 0.2) is 0 Å². The Labute approximate surface area is 134 Å². The molecule has 23 heavy (non-hydrogen) atoms. The number of nitro groups is 1. The van der Waals surface area contributed by atoms with Crippen LogP contribution in [0.2, 0.25) is 0 Å². The zero-order chi connectivity index (χ0) is 17.0. The molecule has 122 valence electrons. The van der Waals surface area contributed by atoms with E-state index in [0.717, 1.165) is 5.56 Å². The first kappa shape index (κ1) is 16.9. The first-order chi connectivity index (χ1) is 10.8. The number of aryl methyl sites for hydroxylation is 1. The highest BCUT2D eigenvalue weighted by atomic mass is 32.2. The monoisotopic (exact) mass is 335 g/mol. The summed E-state index contributed by atoms with van der Waals surface area (Å²) in [6.07, 6.45) is 1.17. The average Bonchev–Trinajstić information content (AvgIpc) is 2.46. The lowest BCUT2D eigenvalue weighted by molar-refractivity contribution is -0.385. The lowest BCUT2D eigenvalue weighted by Gasteiger charge is -2.19. The Bertz CT molecular complexity index is 807. The second-order valence-electron chi connectivity index (χ2n) is 5.26. The second kappa shape index (κ2) is 6.74. The van der Waals surface area contributed by atoms with Crippen molar-refractivity contribution in [2.75, 3.05) is 17.3 Å². The minimum absolute atomic E-state index is 0.0741. The van der Waals surface area contributed by atoms with Gasteiger partial charge in [-0.1, -0.05) is 30.3 Å². The summed E-state index contributed by atoms with van der Waals surface area (Å²) in [5.74, 6) is 0.292. The smallest absolute Gasteiger partial charge is 0.290 e. The highest BCUT2D eigenvalue weighted by molar-refractivity contribution is 7.90. The maximum Gasteiger partial charge on any atom is 0.290 e. The third-order valence-corrected chi connectivity index (χ3v) is 4.19. The van der Waals surface area contributed by atoms with Crippen LogP contribution in [0.25, 0.3) is 0 Å². The summed E-state index contributed by atoms with van der Waals surface area (Å²) < 4.78 is 23.3. The normalized spacial score (nSPS) is 12.6. The van der Waals surface area contributed by atoms with E-state index in [1.807, 2.05) is 30.3 Å². The van der Waals surface area contributed by atoms with Crippen molar-refractivity contribution in [1.29, 1.82) is 0 Å². The van der Waals surface area contributed by atoms with Gasteiger partial charge >= 0.3 is 0 Å². The molecular formula is C15H17N3O4S. The minimum Gasteiger partial charge on any atom is -0.362 e. The van der Waals surface area contributed by atoms with E-state index >= 15 is 0 Å². The molecule has 2 aromatic rings. The summed E-state index contributed by atoms with van der Waals surface area (Å²) in [4.78, 5) is 14.5. The van der Waals surface area contributed by atoms with Gasteiger partial charge in [0.1, 0.15) is 21.3 Å². The number of rotatable bonds is 6. The van der Waals surface area contributed by atoms with E-state index in [9.17, 15) is 18.5 Å². The van der Waals surface area contributed by atoms with Crippen LogP contribution >= 0.6 is 0 Å². The Hall–Kier alpha value is -2.48. The van der Waals surface area contributed by atoms with Gasteiger partial charge in [0.05, 0.1) is 16.7 Å². The number of nitrogens with one attached hydrogen (secondary N) is 1. The van der Waals surface area contributed by atoms with Gasteiger partial charge in [-0.3, -0.25) is 10.1 Å². The lowest BCUT2D eigenvalue weighted by Crippen LogP contribution is -2.21. The standard InChI is InChI=1S/C15H17N3O4S/c1-11-14(18(19)20)8-9-15(16-11)17-13(10-23(2,21)22)12-6-4-3-5-7-12/h3-9,13H,10H2,1-2H3,(H,16,17). The maximum atomic E-state index is 11.7. The molecule has 8 heteroatoms. The van der Waals surface area contributed by atoms with Gasteiger partial charge in [-0.15, -0.1) is 0 Å². The van der Waals surface area contributed by atoms with Crippen LogP contribution in [0.15, 0.2) is 42.5 Å². The molecule has 1 heterocycles. The fraction of sp³-hybridized carbons (Fsp3) is 0.267. The van der Waals surface area contributed by atoms with Gasteiger partial charge in [-0.2, -0.15) is 0 Å². The Morgan fingerprint density at radius 3 is 2.39 bits per heavy atom. The van der Waals surface area contributed by atoms with Crippen molar-refractivity contribution in [3.63, 3.8) is 0 Å². The van der Waals surface area contributed by atoms with Crippen molar-refractivity contribution in [2.45, 2.75) is 13.0 Å². The molecule has 0 bridgehead atoms. The fourth-order valence-corrected chi connectivity index (χ4v) is 3.10. The summed E-state index contributed by atoms with van der Waals surface area (Å²) in [6, 6.07) is 11.5. The fourth-order valence-electron chi connectivity index (χ4n) is 2.21. The van der Waals surface area contributed by atoms with Crippen molar-refractivity contribution in [3.05, 3.63) is 63.8 Å². The predicted molar refractivity (Wildman–Crippen MR) is 88.1 cm³/mol. The molecule has 1 aromatic carbocycles. The quantitative estimate of drug-likeness (QED) is 0.643. The van der Waals surface area contributed by atoms with Crippen LogP contribution in [0.4, 0.5) is 11.5 Å². The Morgan fingerprint density at radius 1 is 1.22 bits per heavy atom. The van der Waals surface area contributed by atoms with Crippen LogP contribution in [-0.4, -0.2) is 30.3 Å². The van der Waals surface area contributed by atoms with Crippen LogP contribution in [0.3, 0.4) is 0 Å². The van der Waals surface area contributed by atoms with Crippen molar-refractivity contribution in [1.82, 2.24) is 4.98 Å². The van der Waals surface area contributed by atoms with E-state index in [4.69, 9.17) is 0 Å². The predicted octanol–water partition coefficient (Wildman–Crippen LogP) is 2.50. The van der Waals surface area contributed by atoms with Gasteiger partial charge in [0.25, 0.3) is 5.69 Å². The summed E-state index contributed by atoms with van der Waals surface area (Å²) in [5.41, 5.74) is 0.997. The van der Waals surface area contributed by atoms with Gasteiger partial charge in [-0.05, 0) is 18.6 Å². The van der Waals surface area contributed by atoms with Gasteiger partial charge in [0.2, 0.25) is 0 Å². The molecule has 7 nitrogen and oxygen atoms in total. The van der Waals surface area contributed by atoms with Crippen LogP contribution < -0.4 is 5.32 Å². The largest absolute Gasteiger partial charge is 0.362 e. The highest BCUT2D eigenvalue weighted by Gasteiger charge is 2.19. The third kappa shape index (κ3) is 4.75. The van der Waals surface area contributed by atoms with E-state index < -0.39 is 20.8 Å². The summed E-state index contributed by atoms with van der Waals surface area (Å²) >= 11 is 0. The van der Waals surface area contributed by atoms with Gasteiger partial charge in [-0.25, -0.2) is 13.4 Å². The van der Waals surface area contributed by atoms with E-state index in [0.29, 0.717) is 5.82 Å². The maximum absolute atomic E-state index is 11.7. The molecular weight excluding hydrogens is 318 g/mol. The zero-order valence-electron chi connectivity index (χ0n) is 12.8. The molecule has 0 amide bonds. The van der Waals surface area contributed by atoms with Crippen molar-refractivity contribution in [3.8, 4) is 0 Å². The van der Waals surface area contributed by atoms with Crippen molar-refractivity contribution in [2.24, 2.45) is 0 Å². The Morgan fingerprint density at radius 2 is 1.87 bits per heavy atom. The first-order valence-corrected chi connectivity index (χ1v) is 8.93. The van der Waals surface area contributed by atoms with Crippen LogP contribution in [-0.2, 0) is 9.84 Å². The molecule has 0 radical (unpaired) electrons. The summed E-state index contributed by atoms with van der Waals surface area (Å²) in [7, 11) is -3.22. The summed E-state index contributed by atoms with van der Waals surface area (Å²) in [5, 5.41) is 13.9. The molecule has 1 atom stereocenters. The molecule has 0 saturated heterocycles. The molecule has 0 aliphatic heterocycles. The molecule has 0 saturated carbocycles. The highest BCUT2D eigenvalue weighted by Crippen LogP contribution is 2.23. The second-order valence-corrected chi connectivity index (χ2v) is 7.44. The average molecular weight is 335 g/mol.